The van der Waals surface area contributed by atoms with Crippen molar-refractivity contribution in [1.82, 2.24) is 0 Å². The summed E-state index contributed by atoms with van der Waals surface area (Å²) in [5.41, 5.74) is 0. The molecule has 0 saturated heterocycles. The second kappa shape index (κ2) is 5.72. The van der Waals surface area contributed by atoms with Crippen LogP contribution in [0.2, 0.25) is 0 Å². The van der Waals surface area contributed by atoms with Gasteiger partial charge in [-0.05, 0) is 0 Å². The molecule has 0 fully saturated rings. The van der Waals surface area contributed by atoms with E-state index in [1.165, 1.54) is 0 Å². The predicted molar refractivity (Wildman–Crippen MR) is 53.4 cm³/mol. The van der Waals surface area contributed by atoms with E-state index in [1.54, 1.807) is 0 Å². The molecule has 13 heavy (non-hydrogen) atoms. The molecule has 1 aliphatic carbocycles. The van der Waals surface area contributed by atoms with Gasteiger partial charge in [-0.15, -0.1) is 0 Å². The number of allylic oxidation sites excluding steroid dienone is 4. The molecule has 0 amide bonds. The van der Waals surface area contributed by atoms with Crippen LogP contribution in [0.25, 0.3) is 0 Å². The summed E-state index contributed by atoms with van der Waals surface area (Å²) in [4.78, 5) is 0. The van der Waals surface area contributed by atoms with Gasteiger partial charge in [-0.1, -0.05) is 0 Å². The molecule has 72 valence electrons. The van der Waals surface area contributed by atoms with Gasteiger partial charge in [0.2, 0.25) is 0 Å². The predicted octanol–water partition coefficient (Wildman–Crippen LogP) is 2.53. The summed E-state index contributed by atoms with van der Waals surface area (Å²) in [6.45, 7) is 2.52. The Bertz CT molecular complexity index is 231. The van der Waals surface area contributed by atoms with E-state index in [2.05, 4.69) is 0 Å². The van der Waals surface area contributed by atoms with Crippen LogP contribution in [0.5, 0.6) is 0 Å². The monoisotopic (exact) mass is 298 g/mol. The first kappa shape index (κ1) is 12.0. The molecule has 0 radical (unpaired) electrons. The van der Waals surface area contributed by atoms with Crippen LogP contribution in [0, 0.1) is 0 Å². The summed E-state index contributed by atoms with van der Waals surface area (Å²) in [7, 11) is 12.5. The zero-order valence-electron chi connectivity index (χ0n) is 7.43. The van der Waals surface area contributed by atoms with E-state index >= 15 is 0 Å². The van der Waals surface area contributed by atoms with Gasteiger partial charge in [0.05, 0.1) is 0 Å². The summed E-state index contributed by atoms with van der Waals surface area (Å²) >= 11 is -3.43. The Labute approximate surface area is 91.3 Å². The van der Waals surface area contributed by atoms with E-state index in [0.29, 0.717) is 6.61 Å². The van der Waals surface area contributed by atoms with Crippen molar-refractivity contribution in [2.45, 2.75) is 13.3 Å². The Morgan fingerprint density at radius 3 is 2.92 bits per heavy atom. The number of halogens is 2. The molecule has 0 aromatic rings. The van der Waals surface area contributed by atoms with Crippen molar-refractivity contribution in [3.05, 3.63) is 21.5 Å². The minimum absolute atomic E-state index is 0.205. The molecule has 0 aliphatic heterocycles. The zero-order valence-corrected chi connectivity index (χ0v) is 11.4. The molecule has 0 bridgehead atoms. The maximum absolute atomic E-state index is 6.14. The van der Waals surface area contributed by atoms with E-state index in [0.717, 1.165) is 9.70 Å². The van der Waals surface area contributed by atoms with Gasteiger partial charge in [-0.25, -0.2) is 0 Å². The van der Waals surface area contributed by atoms with Crippen LogP contribution < -0.4 is 0 Å². The Morgan fingerprint density at radius 2 is 2.38 bits per heavy atom. The Balaban J connectivity index is 2.36. The van der Waals surface area contributed by atoms with Crippen molar-refractivity contribution >= 4 is 24.7 Å². The quantitative estimate of drug-likeness (QED) is 0.574. The van der Waals surface area contributed by atoms with Gasteiger partial charge in [0.1, 0.15) is 0 Å². The van der Waals surface area contributed by atoms with Crippen LogP contribution in [-0.2, 0) is 25.7 Å². The standard InChI is InChI=1S/C5H5.C2H6BO2.2ClH.Zr/c1-2-4-5-3-1;1-2-5-3-4;;;/h1-3H,4H2;3H,2H2,1H3;2*1H;/q;-1;;;+3/p-2. The minimum atomic E-state index is -3.43. The van der Waals surface area contributed by atoms with Gasteiger partial charge in [0, 0.05) is 0 Å². The fourth-order valence-corrected chi connectivity index (χ4v) is 5.75. The Hall–Kier alpha value is 0.928. The molecular weight excluding hydrogens is 289 g/mol. The van der Waals surface area contributed by atoms with Crippen LogP contribution in [0.1, 0.15) is 13.3 Å². The number of rotatable bonds is 5. The second-order valence-electron chi connectivity index (χ2n) is 2.60. The third kappa shape index (κ3) is 3.89. The molecule has 0 N–H and O–H groups in total. The first-order valence-corrected chi connectivity index (χ1v) is 12.7. The van der Waals surface area contributed by atoms with E-state index < -0.39 is 18.3 Å². The summed E-state index contributed by atoms with van der Waals surface area (Å²) in [5, 5.41) is 0. The number of hydrogen-bond donors (Lipinski definition) is 0. The van der Waals surface area contributed by atoms with Gasteiger partial charge in [-0.3, -0.25) is 0 Å². The van der Waals surface area contributed by atoms with Crippen molar-refractivity contribution in [2.75, 3.05) is 6.61 Å². The average Bonchev–Trinajstić information content (AvgIpc) is 2.56. The van der Waals surface area contributed by atoms with Crippen LogP contribution in [0.3, 0.4) is 0 Å². The molecule has 2 nitrogen and oxygen atoms in total. The molecule has 1 aliphatic rings. The molecule has 0 saturated carbocycles. The van der Waals surface area contributed by atoms with Crippen molar-refractivity contribution in [3.8, 4) is 0 Å². The SMILES string of the molecule is CCOB[O][Zr]([Cl])([Cl])[C]1=CC=CC1. The number of hydrogen-bond acceptors (Lipinski definition) is 2. The van der Waals surface area contributed by atoms with Gasteiger partial charge in [0.15, 0.2) is 0 Å². The summed E-state index contributed by atoms with van der Waals surface area (Å²) in [6, 6.07) is 0. The maximum atomic E-state index is 6.14. The van der Waals surface area contributed by atoms with Crippen molar-refractivity contribution in [1.29, 1.82) is 0 Å². The molecule has 1 rings (SSSR count). The summed E-state index contributed by atoms with van der Waals surface area (Å²) < 4.78 is 11.5. The van der Waals surface area contributed by atoms with E-state index in [4.69, 9.17) is 24.4 Å². The Morgan fingerprint density at radius 1 is 1.62 bits per heavy atom. The van der Waals surface area contributed by atoms with Crippen molar-refractivity contribution in [2.24, 2.45) is 0 Å². The van der Waals surface area contributed by atoms with Crippen LogP contribution in [-0.4, -0.2) is 14.3 Å². The van der Waals surface area contributed by atoms with Crippen LogP contribution >= 0.6 is 17.0 Å². The van der Waals surface area contributed by atoms with Gasteiger partial charge in [0.25, 0.3) is 0 Å². The molecule has 0 atom stereocenters. The third-order valence-electron chi connectivity index (χ3n) is 1.67. The molecule has 0 unspecified atom stereocenters. The average molecular weight is 300 g/mol. The normalized spacial score (nSPS) is 16.1. The topological polar surface area (TPSA) is 18.5 Å². The zero-order chi connectivity index (χ0) is 9.73. The molecule has 0 aromatic heterocycles. The molecule has 0 aromatic carbocycles. The van der Waals surface area contributed by atoms with Crippen molar-refractivity contribution < 1.29 is 25.7 Å². The Kier molecular flexibility index (Phi) is 5.28. The third-order valence-corrected chi connectivity index (χ3v) is 9.77. The molecule has 6 heteroatoms. The molecular formula is C7H11BCl2O2Zr. The van der Waals surface area contributed by atoms with Crippen LogP contribution in [0.15, 0.2) is 21.5 Å². The van der Waals surface area contributed by atoms with Crippen molar-refractivity contribution in [3.63, 3.8) is 0 Å². The van der Waals surface area contributed by atoms with E-state index in [9.17, 15) is 0 Å². The summed E-state index contributed by atoms with van der Waals surface area (Å²) in [5.74, 6) is 0. The fraction of sp³-hybridized carbons (Fsp3) is 0.429. The van der Waals surface area contributed by atoms with Crippen LogP contribution in [0.4, 0.5) is 0 Å². The van der Waals surface area contributed by atoms with Gasteiger partial charge < -0.3 is 0 Å². The van der Waals surface area contributed by atoms with Gasteiger partial charge >= 0.3 is 91.9 Å². The van der Waals surface area contributed by atoms with E-state index in [-0.39, 0.29) is 7.69 Å². The van der Waals surface area contributed by atoms with Gasteiger partial charge in [-0.2, -0.15) is 0 Å². The van der Waals surface area contributed by atoms with E-state index in [1.807, 2.05) is 25.2 Å². The second-order valence-corrected chi connectivity index (χ2v) is 14.9. The molecule has 0 spiro atoms. The first-order chi connectivity index (χ1) is 6.17. The first-order valence-electron chi connectivity index (χ1n) is 4.12. The molecule has 0 heterocycles. The summed E-state index contributed by atoms with van der Waals surface area (Å²) in [6.07, 6.45) is 6.75. The fourth-order valence-electron chi connectivity index (χ4n) is 0.955.